The number of hydrogen-bond donors (Lipinski definition) is 1. The molecule has 102 valence electrons. The second-order valence-electron chi connectivity index (χ2n) is 5.55. The molecule has 0 aromatic carbocycles. The highest BCUT2D eigenvalue weighted by atomic mass is 16.5. The monoisotopic (exact) mass is 241 g/mol. The average molecular weight is 241 g/mol. The van der Waals surface area contributed by atoms with Gasteiger partial charge in [0.05, 0.1) is 5.60 Å². The Bertz CT molecular complexity index is 184. The molecule has 1 N–H and O–H groups in total. The fourth-order valence-corrected chi connectivity index (χ4v) is 2.89. The second-order valence-corrected chi connectivity index (χ2v) is 5.55. The summed E-state index contributed by atoms with van der Waals surface area (Å²) in [7, 11) is 1.89. The summed E-state index contributed by atoms with van der Waals surface area (Å²) in [5.74, 6) is 0. The molecule has 0 radical (unpaired) electrons. The lowest BCUT2D eigenvalue weighted by Crippen LogP contribution is -2.45. The third-order valence-corrected chi connectivity index (χ3v) is 4.22. The number of nitrogens with one attached hydrogen (secondary N) is 1. The van der Waals surface area contributed by atoms with E-state index in [0.717, 1.165) is 6.54 Å². The summed E-state index contributed by atoms with van der Waals surface area (Å²) in [5.41, 5.74) is 0.220. The molecule has 1 fully saturated rings. The maximum atomic E-state index is 5.74. The van der Waals surface area contributed by atoms with Gasteiger partial charge in [-0.2, -0.15) is 0 Å². The lowest BCUT2D eigenvalue weighted by Gasteiger charge is -2.43. The van der Waals surface area contributed by atoms with Crippen LogP contribution in [-0.4, -0.2) is 25.3 Å². The number of unbranched alkanes of at least 4 members (excludes halogenated alkanes) is 3. The summed E-state index contributed by atoms with van der Waals surface area (Å²) < 4.78 is 5.74. The molecule has 0 heterocycles. The van der Waals surface area contributed by atoms with Gasteiger partial charge in [-0.05, 0) is 38.6 Å². The largest absolute Gasteiger partial charge is 0.378 e. The van der Waals surface area contributed by atoms with E-state index in [9.17, 15) is 0 Å². The third-order valence-electron chi connectivity index (χ3n) is 4.22. The van der Waals surface area contributed by atoms with E-state index in [0.29, 0.717) is 6.04 Å². The molecule has 1 aliphatic carbocycles. The van der Waals surface area contributed by atoms with Crippen molar-refractivity contribution in [2.75, 3.05) is 13.7 Å². The molecule has 0 aliphatic heterocycles. The Balaban J connectivity index is 2.26. The minimum Gasteiger partial charge on any atom is -0.378 e. The lowest BCUT2D eigenvalue weighted by atomic mass is 9.75. The predicted octanol–water partition coefficient (Wildman–Crippen LogP) is 3.89. The molecule has 0 aromatic rings. The maximum absolute atomic E-state index is 5.74. The summed E-state index contributed by atoms with van der Waals surface area (Å²) in [6.45, 7) is 5.56. The fourth-order valence-electron chi connectivity index (χ4n) is 2.89. The highest BCUT2D eigenvalue weighted by molar-refractivity contribution is 4.93. The molecule has 1 unspecified atom stereocenters. The van der Waals surface area contributed by atoms with E-state index < -0.39 is 0 Å². The smallest absolute Gasteiger partial charge is 0.0693 e. The Kier molecular flexibility index (Phi) is 7.14. The summed E-state index contributed by atoms with van der Waals surface area (Å²) in [5, 5.41) is 3.64. The summed E-state index contributed by atoms with van der Waals surface area (Å²) in [6.07, 6.45) is 11.9. The van der Waals surface area contributed by atoms with E-state index in [1.54, 1.807) is 0 Å². The van der Waals surface area contributed by atoms with E-state index in [1.807, 2.05) is 7.11 Å². The molecule has 0 amide bonds. The van der Waals surface area contributed by atoms with Crippen molar-refractivity contribution in [1.82, 2.24) is 5.32 Å². The van der Waals surface area contributed by atoms with Gasteiger partial charge in [-0.1, -0.05) is 39.5 Å². The Morgan fingerprint density at radius 1 is 1.18 bits per heavy atom. The van der Waals surface area contributed by atoms with Gasteiger partial charge < -0.3 is 10.1 Å². The third kappa shape index (κ3) is 4.97. The van der Waals surface area contributed by atoms with Crippen LogP contribution in [0.2, 0.25) is 0 Å². The van der Waals surface area contributed by atoms with Crippen LogP contribution in [-0.2, 0) is 4.74 Å². The van der Waals surface area contributed by atoms with Crippen molar-refractivity contribution < 1.29 is 4.74 Å². The quantitative estimate of drug-likeness (QED) is 0.586. The zero-order valence-corrected chi connectivity index (χ0v) is 12.1. The molecule has 0 bridgehead atoms. The molecular weight excluding hydrogens is 210 g/mol. The molecule has 2 nitrogen and oxygen atoms in total. The topological polar surface area (TPSA) is 21.3 Å². The van der Waals surface area contributed by atoms with Crippen molar-refractivity contribution in [3.8, 4) is 0 Å². The normalized spacial score (nSPS) is 19.9. The first-order valence-corrected chi connectivity index (χ1v) is 7.55. The molecule has 0 spiro atoms. The summed E-state index contributed by atoms with van der Waals surface area (Å²) in [6, 6.07) is 0.664. The van der Waals surface area contributed by atoms with Gasteiger partial charge in [-0.3, -0.25) is 0 Å². The van der Waals surface area contributed by atoms with Gasteiger partial charge in [0.1, 0.15) is 0 Å². The Morgan fingerprint density at radius 2 is 1.94 bits per heavy atom. The minimum absolute atomic E-state index is 0.220. The number of methoxy groups -OCH3 is 1. The highest BCUT2D eigenvalue weighted by Gasteiger charge is 2.38. The van der Waals surface area contributed by atoms with Crippen molar-refractivity contribution in [2.24, 2.45) is 0 Å². The summed E-state index contributed by atoms with van der Waals surface area (Å²) in [4.78, 5) is 0. The van der Waals surface area contributed by atoms with E-state index in [4.69, 9.17) is 4.74 Å². The van der Waals surface area contributed by atoms with Crippen LogP contribution in [0.4, 0.5) is 0 Å². The fraction of sp³-hybridized carbons (Fsp3) is 1.00. The van der Waals surface area contributed by atoms with Crippen LogP contribution in [0.5, 0.6) is 0 Å². The van der Waals surface area contributed by atoms with Gasteiger partial charge in [0.2, 0.25) is 0 Å². The van der Waals surface area contributed by atoms with Gasteiger partial charge in [-0.15, -0.1) is 0 Å². The first kappa shape index (κ1) is 15.0. The van der Waals surface area contributed by atoms with Crippen LogP contribution in [0.25, 0.3) is 0 Å². The van der Waals surface area contributed by atoms with Crippen molar-refractivity contribution in [1.29, 1.82) is 0 Å². The molecule has 0 saturated heterocycles. The van der Waals surface area contributed by atoms with Crippen LogP contribution >= 0.6 is 0 Å². The van der Waals surface area contributed by atoms with Crippen molar-refractivity contribution in [3.05, 3.63) is 0 Å². The molecule has 1 saturated carbocycles. The Labute approximate surface area is 108 Å². The molecular formula is C15H31NO. The lowest BCUT2D eigenvalue weighted by molar-refractivity contribution is -0.0839. The zero-order valence-electron chi connectivity index (χ0n) is 12.1. The minimum atomic E-state index is 0.220. The van der Waals surface area contributed by atoms with Crippen LogP contribution in [0, 0.1) is 0 Å². The highest BCUT2D eigenvalue weighted by Crippen LogP contribution is 2.39. The molecule has 0 aromatic heterocycles. The van der Waals surface area contributed by atoms with Crippen molar-refractivity contribution >= 4 is 0 Å². The summed E-state index contributed by atoms with van der Waals surface area (Å²) >= 11 is 0. The van der Waals surface area contributed by atoms with Crippen LogP contribution < -0.4 is 5.32 Å². The Hall–Kier alpha value is -0.0800. The van der Waals surface area contributed by atoms with E-state index in [2.05, 4.69) is 19.2 Å². The first-order valence-electron chi connectivity index (χ1n) is 7.55. The molecule has 1 atom stereocenters. The van der Waals surface area contributed by atoms with Crippen molar-refractivity contribution in [3.63, 3.8) is 0 Å². The number of ether oxygens (including phenoxy) is 1. The second kappa shape index (κ2) is 8.10. The zero-order chi connectivity index (χ0) is 12.6. The molecule has 17 heavy (non-hydrogen) atoms. The van der Waals surface area contributed by atoms with Gasteiger partial charge in [-0.25, -0.2) is 0 Å². The van der Waals surface area contributed by atoms with Gasteiger partial charge in [0.15, 0.2) is 0 Å². The van der Waals surface area contributed by atoms with Gasteiger partial charge >= 0.3 is 0 Å². The van der Waals surface area contributed by atoms with Crippen LogP contribution in [0.3, 0.4) is 0 Å². The van der Waals surface area contributed by atoms with Crippen molar-refractivity contribution in [2.45, 2.75) is 83.3 Å². The van der Waals surface area contributed by atoms with E-state index >= 15 is 0 Å². The van der Waals surface area contributed by atoms with Crippen LogP contribution in [0.1, 0.15) is 71.6 Å². The number of hydrogen-bond acceptors (Lipinski definition) is 2. The molecule has 1 rings (SSSR count). The predicted molar refractivity (Wildman–Crippen MR) is 74.4 cm³/mol. The van der Waals surface area contributed by atoms with E-state index in [1.165, 1.54) is 57.8 Å². The molecule has 2 heteroatoms. The Morgan fingerprint density at radius 3 is 2.41 bits per heavy atom. The average Bonchev–Trinajstić information content (AvgIpc) is 2.29. The SMILES string of the molecule is CCCCCCC(CC1(OC)CCC1)NCC. The van der Waals surface area contributed by atoms with Crippen LogP contribution in [0.15, 0.2) is 0 Å². The van der Waals surface area contributed by atoms with E-state index in [-0.39, 0.29) is 5.60 Å². The standard InChI is InChI=1S/C15H31NO/c1-4-6-7-8-10-14(16-5-2)13-15(17-3)11-9-12-15/h14,16H,4-13H2,1-3H3. The van der Waals surface area contributed by atoms with Gasteiger partial charge in [0, 0.05) is 13.2 Å². The first-order chi connectivity index (χ1) is 8.26. The molecule has 1 aliphatic rings. The number of rotatable bonds is 10. The van der Waals surface area contributed by atoms with Gasteiger partial charge in [0.25, 0.3) is 0 Å². The maximum Gasteiger partial charge on any atom is 0.0693 e.